The van der Waals surface area contributed by atoms with Crippen molar-refractivity contribution in [1.82, 2.24) is 14.4 Å². The van der Waals surface area contributed by atoms with Crippen molar-refractivity contribution in [3.8, 4) is 5.75 Å². The van der Waals surface area contributed by atoms with Crippen LogP contribution in [0.3, 0.4) is 0 Å². The van der Waals surface area contributed by atoms with Crippen molar-refractivity contribution in [3.63, 3.8) is 0 Å². The largest absolute Gasteiger partial charge is 0.497 e. The summed E-state index contributed by atoms with van der Waals surface area (Å²) in [5.41, 5.74) is 3.01. The molecule has 9 heteroatoms. The second kappa shape index (κ2) is 13.9. The first-order valence-corrected chi connectivity index (χ1v) is 13.5. The summed E-state index contributed by atoms with van der Waals surface area (Å²) >= 11 is 0. The lowest BCUT2D eigenvalue weighted by atomic mass is 10.1. The smallest absolute Gasteiger partial charge is 0.270 e. The molecule has 0 N–H and O–H groups in total. The highest BCUT2D eigenvalue weighted by atomic mass is 16.6. The number of rotatable bonds is 13. The molecule has 0 aliphatic rings. The van der Waals surface area contributed by atoms with Crippen LogP contribution in [0.2, 0.25) is 0 Å². The molecule has 0 saturated carbocycles. The summed E-state index contributed by atoms with van der Waals surface area (Å²) in [6.45, 7) is 3.45. The lowest BCUT2D eigenvalue weighted by Gasteiger charge is -2.28. The van der Waals surface area contributed by atoms with Crippen LogP contribution in [0.5, 0.6) is 5.75 Å². The molecule has 0 atom stereocenters. The fourth-order valence-electron chi connectivity index (χ4n) is 4.67. The normalized spacial score (nSPS) is 10.7. The Morgan fingerprint density at radius 2 is 1.63 bits per heavy atom. The predicted octanol–water partition coefficient (Wildman–Crippen LogP) is 5.53. The van der Waals surface area contributed by atoms with Crippen LogP contribution in [0.25, 0.3) is 0 Å². The Morgan fingerprint density at radius 1 is 0.878 bits per heavy atom. The highest BCUT2D eigenvalue weighted by Crippen LogP contribution is 2.19. The van der Waals surface area contributed by atoms with Crippen molar-refractivity contribution in [2.45, 2.75) is 33.0 Å². The quantitative estimate of drug-likeness (QED) is 0.160. The average molecular weight is 555 g/mol. The van der Waals surface area contributed by atoms with E-state index in [9.17, 15) is 19.7 Å². The van der Waals surface area contributed by atoms with E-state index in [0.717, 1.165) is 22.6 Å². The van der Waals surface area contributed by atoms with Crippen LogP contribution in [0.1, 0.15) is 40.5 Å². The van der Waals surface area contributed by atoms with E-state index in [-0.39, 0.29) is 23.7 Å². The lowest BCUT2D eigenvalue weighted by Crippen LogP contribution is -2.43. The van der Waals surface area contributed by atoms with E-state index < -0.39 is 10.8 Å². The molecule has 0 unspecified atom stereocenters. The monoisotopic (exact) mass is 554 g/mol. The number of hydrogen-bond donors (Lipinski definition) is 0. The number of nitro groups is 1. The van der Waals surface area contributed by atoms with Crippen LogP contribution >= 0.6 is 0 Å². The standard InChI is InChI=1S/C32H34N4O5/c1-3-17-34(32(38)27-13-8-14-28(20-27)36(39)40)24-31(37)35(21-25-10-5-4-6-11-25)23-29-15-9-18-33(29)22-26-12-7-16-30(19-26)41-2/h4-16,18-20H,3,17,21-24H2,1-2H3. The molecule has 0 saturated heterocycles. The Bertz CT molecular complexity index is 1480. The zero-order valence-electron chi connectivity index (χ0n) is 23.3. The second-order valence-corrected chi connectivity index (χ2v) is 9.75. The number of nitro benzene ring substituents is 1. The molecule has 9 nitrogen and oxygen atoms in total. The van der Waals surface area contributed by atoms with Gasteiger partial charge in [-0.25, -0.2) is 0 Å². The number of non-ortho nitro benzene ring substituents is 1. The number of aromatic nitrogens is 1. The first kappa shape index (κ1) is 29.1. The van der Waals surface area contributed by atoms with Gasteiger partial charge in [-0.15, -0.1) is 0 Å². The third-order valence-electron chi connectivity index (χ3n) is 6.74. The topological polar surface area (TPSA) is 97.9 Å². The number of ether oxygens (including phenoxy) is 1. The Kier molecular flexibility index (Phi) is 9.88. The molecule has 212 valence electrons. The Morgan fingerprint density at radius 3 is 2.37 bits per heavy atom. The van der Waals surface area contributed by atoms with E-state index in [0.29, 0.717) is 32.6 Å². The van der Waals surface area contributed by atoms with E-state index in [1.807, 2.05) is 79.9 Å². The van der Waals surface area contributed by atoms with E-state index in [4.69, 9.17) is 4.74 Å². The van der Waals surface area contributed by atoms with Crippen LogP contribution in [0.4, 0.5) is 5.69 Å². The van der Waals surface area contributed by atoms with E-state index in [2.05, 4.69) is 4.57 Å². The van der Waals surface area contributed by atoms with E-state index >= 15 is 0 Å². The Balaban J connectivity index is 1.57. The fraction of sp³-hybridized carbons (Fsp3) is 0.250. The van der Waals surface area contributed by atoms with Crippen molar-refractivity contribution < 1.29 is 19.2 Å². The molecule has 1 heterocycles. The Hall–Kier alpha value is -4.92. The zero-order valence-corrected chi connectivity index (χ0v) is 23.3. The highest BCUT2D eigenvalue weighted by Gasteiger charge is 2.24. The number of amides is 2. The highest BCUT2D eigenvalue weighted by molar-refractivity contribution is 5.97. The number of carbonyl (C=O) groups is 2. The average Bonchev–Trinajstić information content (AvgIpc) is 3.42. The van der Waals surface area contributed by atoms with Crippen LogP contribution in [-0.2, 0) is 24.4 Å². The van der Waals surface area contributed by atoms with Gasteiger partial charge in [0.1, 0.15) is 12.3 Å². The Labute approximate surface area is 239 Å². The summed E-state index contributed by atoms with van der Waals surface area (Å²) in [6, 6.07) is 27.1. The van der Waals surface area contributed by atoms with E-state index in [1.54, 1.807) is 12.0 Å². The molecule has 4 rings (SSSR count). The van der Waals surface area contributed by atoms with Gasteiger partial charge in [0.15, 0.2) is 0 Å². The molecule has 4 aromatic rings. The minimum atomic E-state index is -0.533. The molecular formula is C32H34N4O5. The first-order valence-electron chi connectivity index (χ1n) is 13.5. The minimum absolute atomic E-state index is 0.140. The maximum absolute atomic E-state index is 13.8. The van der Waals surface area contributed by atoms with Gasteiger partial charge < -0.3 is 19.1 Å². The molecule has 2 amide bonds. The second-order valence-electron chi connectivity index (χ2n) is 9.75. The van der Waals surface area contributed by atoms with Gasteiger partial charge in [-0.2, -0.15) is 0 Å². The fourth-order valence-corrected chi connectivity index (χ4v) is 4.67. The predicted molar refractivity (Wildman–Crippen MR) is 157 cm³/mol. The summed E-state index contributed by atoms with van der Waals surface area (Å²) in [5, 5.41) is 11.2. The first-order chi connectivity index (χ1) is 19.9. The molecule has 41 heavy (non-hydrogen) atoms. The number of benzene rings is 3. The van der Waals surface area contributed by atoms with E-state index in [1.165, 1.54) is 29.2 Å². The SMILES string of the molecule is CCCN(CC(=O)N(Cc1ccccc1)Cc1cccn1Cc1cccc(OC)c1)C(=O)c1cccc([N+](=O)[O-])c1. The molecule has 0 spiro atoms. The van der Waals surface area contributed by atoms with Gasteiger partial charge in [-0.1, -0.05) is 55.5 Å². The molecule has 0 aliphatic heterocycles. The molecule has 1 aromatic heterocycles. The molecular weight excluding hydrogens is 520 g/mol. The summed E-state index contributed by atoms with van der Waals surface area (Å²) in [6.07, 6.45) is 2.62. The number of methoxy groups -OCH3 is 1. The summed E-state index contributed by atoms with van der Waals surface area (Å²) in [7, 11) is 1.64. The summed E-state index contributed by atoms with van der Waals surface area (Å²) in [5.74, 6) is 0.154. The minimum Gasteiger partial charge on any atom is -0.497 e. The maximum atomic E-state index is 13.8. The molecule has 0 aliphatic carbocycles. The van der Waals surface area contributed by atoms with Gasteiger partial charge in [0.25, 0.3) is 11.6 Å². The van der Waals surface area contributed by atoms with Crippen LogP contribution in [0.15, 0.2) is 97.2 Å². The molecule has 0 bridgehead atoms. The van der Waals surface area contributed by atoms with Crippen molar-refractivity contribution in [2.24, 2.45) is 0 Å². The van der Waals surface area contributed by atoms with Gasteiger partial charge in [0.2, 0.25) is 5.91 Å². The van der Waals surface area contributed by atoms with Gasteiger partial charge >= 0.3 is 0 Å². The van der Waals surface area contributed by atoms with Crippen molar-refractivity contribution in [3.05, 3.63) is 130 Å². The van der Waals surface area contributed by atoms with Crippen molar-refractivity contribution in [2.75, 3.05) is 20.2 Å². The van der Waals surface area contributed by atoms with Gasteiger partial charge in [0, 0.05) is 49.2 Å². The van der Waals surface area contributed by atoms with Crippen LogP contribution in [-0.4, -0.2) is 51.3 Å². The summed E-state index contributed by atoms with van der Waals surface area (Å²) < 4.78 is 7.46. The van der Waals surface area contributed by atoms with Crippen LogP contribution in [0, 0.1) is 10.1 Å². The molecule has 3 aromatic carbocycles. The number of carbonyl (C=O) groups excluding carboxylic acids is 2. The molecule has 0 radical (unpaired) electrons. The van der Waals surface area contributed by atoms with Crippen molar-refractivity contribution >= 4 is 17.5 Å². The molecule has 0 fully saturated rings. The maximum Gasteiger partial charge on any atom is 0.270 e. The zero-order chi connectivity index (χ0) is 29.2. The van der Waals surface area contributed by atoms with Gasteiger partial charge in [0.05, 0.1) is 18.6 Å². The van der Waals surface area contributed by atoms with Crippen molar-refractivity contribution in [1.29, 1.82) is 0 Å². The lowest BCUT2D eigenvalue weighted by molar-refractivity contribution is -0.384. The van der Waals surface area contributed by atoms with Crippen LogP contribution < -0.4 is 4.74 Å². The number of nitrogens with zero attached hydrogens (tertiary/aromatic N) is 4. The third kappa shape index (κ3) is 7.82. The van der Waals surface area contributed by atoms with Gasteiger partial charge in [-0.3, -0.25) is 19.7 Å². The third-order valence-corrected chi connectivity index (χ3v) is 6.74. The van der Waals surface area contributed by atoms with Gasteiger partial charge in [-0.05, 0) is 47.9 Å². The summed E-state index contributed by atoms with van der Waals surface area (Å²) in [4.78, 5) is 41.1. The number of hydrogen-bond acceptors (Lipinski definition) is 5.